The van der Waals surface area contributed by atoms with Crippen LogP contribution in [0.15, 0.2) is 42.5 Å². The minimum absolute atomic E-state index is 0.227. The van der Waals surface area contributed by atoms with Gasteiger partial charge in [0.25, 0.3) is 0 Å². The number of ether oxygens (including phenoxy) is 1. The summed E-state index contributed by atoms with van der Waals surface area (Å²) in [7, 11) is 0. The first-order chi connectivity index (χ1) is 7.66. The highest BCUT2D eigenvalue weighted by molar-refractivity contribution is 5.40. The molecule has 81 valence electrons. The average Bonchev–Trinajstić information content (AvgIpc) is 2.27. The molecule has 2 rings (SSSR count). The van der Waals surface area contributed by atoms with Gasteiger partial charge in [-0.3, -0.25) is 0 Å². The van der Waals surface area contributed by atoms with E-state index < -0.39 is 0 Å². The normalized spacial score (nSPS) is 10.2. The van der Waals surface area contributed by atoms with Gasteiger partial charge in [-0.1, -0.05) is 18.2 Å². The minimum Gasteiger partial charge on any atom is -0.457 e. The van der Waals surface area contributed by atoms with Gasteiger partial charge in [0.15, 0.2) is 0 Å². The molecule has 0 saturated carbocycles. The van der Waals surface area contributed by atoms with Gasteiger partial charge in [0, 0.05) is 0 Å². The molecule has 0 heterocycles. The Balaban J connectivity index is 2.28. The third-order valence-corrected chi connectivity index (χ3v) is 2.33. The van der Waals surface area contributed by atoms with Crippen molar-refractivity contribution in [3.8, 4) is 11.5 Å². The van der Waals surface area contributed by atoms with Crippen LogP contribution in [0.3, 0.4) is 0 Å². The first-order valence-electron chi connectivity index (χ1n) is 5.02. The Labute approximate surface area is 94.5 Å². The second-order valence-corrected chi connectivity index (χ2v) is 3.62. The average molecular weight is 215 g/mol. The lowest BCUT2D eigenvalue weighted by molar-refractivity contribution is 0.477. The first kappa shape index (κ1) is 10.7. The number of hydrogen-bond donors (Lipinski definition) is 0. The second kappa shape index (κ2) is 4.35. The Kier molecular flexibility index (Phi) is 2.91. The highest BCUT2D eigenvalue weighted by atomic mass is 19.1. The van der Waals surface area contributed by atoms with Gasteiger partial charge in [-0.25, -0.2) is 4.39 Å². The lowest BCUT2D eigenvalue weighted by atomic mass is 10.2. The Bertz CT molecular complexity index is 506. The first-order valence-corrected chi connectivity index (χ1v) is 5.02. The molecule has 0 bridgehead atoms. The van der Waals surface area contributed by atoms with Crippen molar-refractivity contribution in [1.29, 1.82) is 0 Å². The van der Waals surface area contributed by atoms with Gasteiger partial charge < -0.3 is 4.74 Å². The van der Waals surface area contributed by atoms with E-state index in [9.17, 15) is 4.39 Å². The van der Waals surface area contributed by atoms with Crippen molar-refractivity contribution >= 4 is 0 Å². The summed E-state index contributed by atoms with van der Waals surface area (Å²) in [4.78, 5) is 0. The van der Waals surface area contributed by atoms with Crippen LogP contribution in [0.1, 0.15) is 11.1 Å². The van der Waals surface area contributed by atoms with E-state index in [4.69, 9.17) is 4.74 Å². The number of halogens is 1. The van der Waals surface area contributed by atoms with Crippen LogP contribution in [0.2, 0.25) is 0 Å². The van der Waals surface area contributed by atoms with E-state index >= 15 is 0 Å². The largest absolute Gasteiger partial charge is 0.457 e. The monoisotopic (exact) mass is 215 g/mol. The molecule has 0 amide bonds. The third kappa shape index (κ3) is 2.22. The van der Waals surface area contributed by atoms with Crippen LogP contribution >= 0.6 is 0 Å². The number of benzene rings is 2. The molecule has 0 aromatic heterocycles. The summed E-state index contributed by atoms with van der Waals surface area (Å²) in [5, 5.41) is 0. The number of aryl methyl sites for hydroxylation is 1. The van der Waals surface area contributed by atoms with Crippen LogP contribution in [0.25, 0.3) is 0 Å². The predicted molar refractivity (Wildman–Crippen MR) is 62.1 cm³/mol. The van der Waals surface area contributed by atoms with E-state index in [1.54, 1.807) is 19.1 Å². The van der Waals surface area contributed by atoms with E-state index in [0.717, 1.165) is 5.56 Å². The van der Waals surface area contributed by atoms with Crippen LogP contribution in [0.5, 0.6) is 11.5 Å². The van der Waals surface area contributed by atoms with Crippen molar-refractivity contribution in [2.45, 2.75) is 6.92 Å². The summed E-state index contributed by atoms with van der Waals surface area (Å²) in [6, 6.07) is 12.1. The van der Waals surface area contributed by atoms with Gasteiger partial charge in [-0.2, -0.15) is 0 Å². The topological polar surface area (TPSA) is 9.23 Å². The molecular formula is C14H12FO. The van der Waals surface area contributed by atoms with Crippen molar-refractivity contribution in [3.63, 3.8) is 0 Å². The Morgan fingerprint density at radius 2 is 1.88 bits per heavy atom. The quantitative estimate of drug-likeness (QED) is 0.732. The predicted octanol–water partition coefficient (Wildman–Crippen LogP) is 4.11. The van der Waals surface area contributed by atoms with Crippen LogP contribution in [-0.2, 0) is 0 Å². The second-order valence-electron chi connectivity index (χ2n) is 3.62. The maximum Gasteiger partial charge on any atom is 0.130 e. The highest BCUT2D eigenvalue weighted by Gasteiger charge is 2.02. The number of rotatable bonds is 2. The van der Waals surface area contributed by atoms with Crippen LogP contribution in [0.4, 0.5) is 4.39 Å². The zero-order valence-electron chi connectivity index (χ0n) is 9.03. The summed E-state index contributed by atoms with van der Waals surface area (Å²) < 4.78 is 18.7. The van der Waals surface area contributed by atoms with Crippen molar-refractivity contribution in [3.05, 3.63) is 66.3 Å². The van der Waals surface area contributed by atoms with Crippen LogP contribution in [-0.4, -0.2) is 0 Å². The smallest absolute Gasteiger partial charge is 0.130 e. The van der Waals surface area contributed by atoms with E-state index in [1.165, 1.54) is 6.07 Å². The lowest BCUT2D eigenvalue weighted by Crippen LogP contribution is -1.89. The Morgan fingerprint density at radius 3 is 2.56 bits per heavy atom. The standard InChI is InChI=1S/C14H12FO/c1-10-5-3-4-6-14(10)16-12-7-8-13(15)11(2)9-12/h3-9H,1H2,2H3. The molecule has 2 aromatic rings. The highest BCUT2D eigenvalue weighted by Crippen LogP contribution is 2.25. The van der Waals surface area contributed by atoms with Gasteiger partial charge in [-0.15, -0.1) is 0 Å². The van der Waals surface area contributed by atoms with Crippen molar-refractivity contribution in [1.82, 2.24) is 0 Å². The molecule has 0 aliphatic rings. The van der Waals surface area contributed by atoms with Crippen LogP contribution in [0, 0.1) is 19.7 Å². The van der Waals surface area contributed by atoms with Gasteiger partial charge in [0.2, 0.25) is 0 Å². The van der Waals surface area contributed by atoms with Gasteiger partial charge >= 0.3 is 0 Å². The summed E-state index contributed by atoms with van der Waals surface area (Å²) in [6.45, 7) is 5.56. The molecule has 1 radical (unpaired) electrons. The molecule has 2 heteroatoms. The fourth-order valence-corrected chi connectivity index (χ4v) is 1.41. The fraction of sp³-hybridized carbons (Fsp3) is 0.0714. The summed E-state index contributed by atoms with van der Waals surface area (Å²) >= 11 is 0. The molecule has 0 aliphatic carbocycles. The fourth-order valence-electron chi connectivity index (χ4n) is 1.41. The Hall–Kier alpha value is -1.83. The molecule has 1 nitrogen and oxygen atoms in total. The van der Waals surface area contributed by atoms with Gasteiger partial charge in [0.05, 0.1) is 0 Å². The molecule has 2 aromatic carbocycles. The molecular weight excluding hydrogens is 203 g/mol. The number of para-hydroxylation sites is 1. The molecule has 0 unspecified atom stereocenters. The third-order valence-electron chi connectivity index (χ3n) is 2.33. The summed E-state index contributed by atoms with van der Waals surface area (Å²) in [6.07, 6.45) is 0. The molecule has 0 N–H and O–H groups in total. The maximum atomic E-state index is 13.0. The van der Waals surface area contributed by atoms with Gasteiger partial charge in [0.1, 0.15) is 17.3 Å². The summed E-state index contributed by atoms with van der Waals surface area (Å²) in [5.41, 5.74) is 1.38. The van der Waals surface area contributed by atoms with E-state index in [-0.39, 0.29) is 5.82 Å². The van der Waals surface area contributed by atoms with E-state index in [2.05, 4.69) is 6.92 Å². The molecule has 0 aliphatic heterocycles. The Morgan fingerprint density at radius 1 is 1.12 bits per heavy atom. The summed E-state index contributed by atoms with van der Waals surface area (Å²) in [5.74, 6) is 1.08. The zero-order chi connectivity index (χ0) is 11.5. The zero-order valence-corrected chi connectivity index (χ0v) is 9.03. The van der Waals surface area contributed by atoms with Crippen LogP contribution < -0.4 is 4.74 Å². The van der Waals surface area contributed by atoms with E-state index in [1.807, 2.05) is 24.3 Å². The molecule has 0 fully saturated rings. The van der Waals surface area contributed by atoms with Gasteiger partial charge in [-0.05, 0) is 49.2 Å². The minimum atomic E-state index is -0.227. The molecule has 0 saturated heterocycles. The van der Waals surface area contributed by atoms with Crippen molar-refractivity contribution < 1.29 is 9.13 Å². The van der Waals surface area contributed by atoms with Crippen molar-refractivity contribution in [2.75, 3.05) is 0 Å². The van der Waals surface area contributed by atoms with Crippen molar-refractivity contribution in [2.24, 2.45) is 0 Å². The number of hydrogen-bond acceptors (Lipinski definition) is 1. The van der Waals surface area contributed by atoms with E-state index in [0.29, 0.717) is 17.1 Å². The maximum absolute atomic E-state index is 13.0. The lowest BCUT2D eigenvalue weighted by Gasteiger charge is -2.08. The SMILES string of the molecule is [CH2]c1ccccc1Oc1ccc(F)c(C)c1. The molecule has 0 atom stereocenters. The molecule has 0 spiro atoms. The molecule has 16 heavy (non-hydrogen) atoms.